The second-order valence-corrected chi connectivity index (χ2v) is 15.2. The van der Waals surface area contributed by atoms with Crippen molar-refractivity contribution in [2.24, 2.45) is 0 Å². The van der Waals surface area contributed by atoms with E-state index in [0.717, 1.165) is 23.3 Å². The highest BCUT2D eigenvalue weighted by molar-refractivity contribution is 7.00. The molecule has 1 aliphatic rings. The SMILES string of the molecule is CC(C)(C)[Si](Oc1cccc(C2CCc3ccc(Cl)cc3C(=O)O2)c1)(c1ccccc1)c1ccccc1. The minimum Gasteiger partial charge on any atom is -0.534 e. The first-order valence-electron chi connectivity index (χ1n) is 12.7. The third-order valence-electron chi connectivity index (χ3n) is 7.13. The Balaban J connectivity index is 1.53. The molecule has 1 atom stereocenters. The highest BCUT2D eigenvalue weighted by Gasteiger charge is 2.52. The van der Waals surface area contributed by atoms with Gasteiger partial charge in [0.2, 0.25) is 0 Å². The molecule has 0 N–H and O–H groups in total. The maximum Gasteiger partial charge on any atom is 0.339 e. The minimum absolute atomic E-state index is 0.151. The van der Waals surface area contributed by atoms with Gasteiger partial charge in [-0.05, 0) is 63.6 Å². The summed E-state index contributed by atoms with van der Waals surface area (Å²) in [6.45, 7) is 6.79. The second kappa shape index (κ2) is 10.2. The van der Waals surface area contributed by atoms with Crippen molar-refractivity contribution in [2.45, 2.75) is 44.8 Å². The number of hydrogen-bond acceptors (Lipinski definition) is 3. The molecule has 5 heteroatoms. The lowest BCUT2D eigenvalue weighted by Crippen LogP contribution is -2.68. The molecule has 0 fully saturated rings. The number of carbonyl (C=O) groups excluding carboxylic acids is 1. The molecule has 4 aromatic rings. The summed E-state index contributed by atoms with van der Waals surface area (Å²) in [4.78, 5) is 13.0. The molecular weight excluding hydrogens is 496 g/mol. The molecule has 5 rings (SSSR count). The fourth-order valence-corrected chi connectivity index (χ4v) is 9.92. The number of hydrogen-bond donors (Lipinski definition) is 0. The Hall–Kier alpha value is -3.34. The molecule has 1 aliphatic heterocycles. The van der Waals surface area contributed by atoms with Crippen LogP contribution >= 0.6 is 11.6 Å². The number of ether oxygens (including phenoxy) is 1. The maximum absolute atomic E-state index is 13.0. The van der Waals surface area contributed by atoms with E-state index in [9.17, 15) is 4.79 Å². The topological polar surface area (TPSA) is 35.5 Å². The summed E-state index contributed by atoms with van der Waals surface area (Å²) in [7, 11) is -2.77. The van der Waals surface area contributed by atoms with Crippen LogP contribution in [0.25, 0.3) is 0 Å². The van der Waals surface area contributed by atoms with Gasteiger partial charge in [-0.1, -0.05) is 111 Å². The van der Waals surface area contributed by atoms with Gasteiger partial charge in [0, 0.05) is 5.02 Å². The summed E-state index contributed by atoms with van der Waals surface area (Å²) in [5.74, 6) is 0.450. The summed E-state index contributed by atoms with van der Waals surface area (Å²) >= 11 is 6.15. The van der Waals surface area contributed by atoms with E-state index in [0.29, 0.717) is 17.0 Å². The Kier molecular flexibility index (Phi) is 6.97. The van der Waals surface area contributed by atoms with Crippen LogP contribution in [-0.2, 0) is 11.2 Å². The van der Waals surface area contributed by atoms with Crippen LogP contribution in [0.5, 0.6) is 5.75 Å². The molecule has 1 heterocycles. The lowest BCUT2D eigenvalue weighted by Gasteiger charge is -2.43. The van der Waals surface area contributed by atoms with Crippen LogP contribution in [-0.4, -0.2) is 14.3 Å². The fourth-order valence-electron chi connectivity index (χ4n) is 5.33. The zero-order valence-electron chi connectivity index (χ0n) is 21.4. The zero-order chi connectivity index (χ0) is 26.0. The number of carbonyl (C=O) groups is 1. The van der Waals surface area contributed by atoms with Crippen LogP contribution in [0.2, 0.25) is 10.1 Å². The van der Waals surface area contributed by atoms with E-state index < -0.39 is 8.32 Å². The smallest absolute Gasteiger partial charge is 0.339 e. The third-order valence-corrected chi connectivity index (χ3v) is 12.3. The van der Waals surface area contributed by atoms with Crippen LogP contribution in [0.1, 0.15) is 54.8 Å². The Morgan fingerprint density at radius 3 is 2.11 bits per heavy atom. The molecule has 188 valence electrons. The van der Waals surface area contributed by atoms with Crippen molar-refractivity contribution in [3.8, 4) is 5.75 Å². The van der Waals surface area contributed by atoms with Gasteiger partial charge in [-0.25, -0.2) is 4.79 Å². The van der Waals surface area contributed by atoms with E-state index in [4.69, 9.17) is 20.8 Å². The summed E-state index contributed by atoms with van der Waals surface area (Å²) < 4.78 is 13.1. The van der Waals surface area contributed by atoms with Crippen LogP contribution < -0.4 is 14.8 Å². The Morgan fingerprint density at radius 2 is 1.49 bits per heavy atom. The van der Waals surface area contributed by atoms with Gasteiger partial charge in [-0.3, -0.25) is 0 Å². The summed E-state index contributed by atoms with van der Waals surface area (Å²) in [5, 5.41) is 2.82. The first-order valence-corrected chi connectivity index (χ1v) is 15.0. The normalized spacial score (nSPS) is 15.9. The quantitative estimate of drug-likeness (QED) is 0.205. The second-order valence-electron chi connectivity index (χ2n) is 10.6. The Labute approximate surface area is 225 Å². The van der Waals surface area contributed by atoms with E-state index in [1.807, 2.05) is 48.5 Å². The number of cyclic esters (lactones) is 1. The highest BCUT2D eigenvalue weighted by Crippen LogP contribution is 2.39. The lowest BCUT2D eigenvalue weighted by molar-refractivity contribution is 0.0297. The number of fused-ring (bicyclic) bond motifs is 1. The molecule has 0 saturated carbocycles. The first-order chi connectivity index (χ1) is 17.8. The van der Waals surface area contributed by atoms with Gasteiger partial charge in [0.15, 0.2) is 0 Å². The standard InChI is InChI=1S/C32H31ClO3Si/c1-32(2,3)37(27-13-6-4-7-14-27,28-15-8-5-9-16-28)36-26-12-10-11-24(21-26)30-20-18-23-17-19-25(33)22-29(23)31(34)35-30/h4-17,19,21-22,30H,18,20H2,1-3H3. The van der Waals surface area contributed by atoms with Crippen LogP contribution in [0.3, 0.4) is 0 Å². The predicted molar refractivity (Wildman–Crippen MR) is 153 cm³/mol. The molecule has 0 spiro atoms. The summed E-state index contributed by atoms with van der Waals surface area (Å²) in [6.07, 6.45) is 1.08. The van der Waals surface area contributed by atoms with Gasteiger partial charge in [0.05, 0.1) is 5.56 Å². The van der Waals surface area contributed by atoms with Gasteiger partial charge >= 0.3 is 14.3 Å². The molecule has 0 saturated heterocycles. The van der Waals surface area contributed by atoms with Crippen molar-refractivity contribution in [3.63, 3.8) is 0 Å². The third kappa shape index (κ3) is 4.96. The molecule has 37 heavy (non-hydrogen) atoms. The van der Waals surface area contributed by atoms with E-state index in [1.165, 1.54) is 10.4 Å². The average Bonchev–Trinajstić information content (AvgIpc) is 3.06. The molecule has 4 aromatic carbocycles. The number of benzene rings is 4. The number of halogens is 1. The number of esters is 1. The molecular formula is C32H31ClO3Si. The van der Waals surface area contributed by atoms with Gasteiger partial charge in [0.25, 0.3) is 0 Å². The first kappa shape index (κ1) is 25.3. The molecule has 3 nitrogen and oxygen atoms in total. The van der Waals surface area contributed by atoms with Gasteiger partial charge in [0.1, 0.15) is 11.9 Å². The van der Waals surface area contributed by atoms with Gasteiger partial charge in [-0.15, -0.1) is 0 Å². The number of aryl methyl sites for hydroxylation is 1. The molecule has 0 aromatic heterocycles. The minimum atomic E-state index is -2.77. The van der Waals surface area contributed by atoms with Crippen LogP contribution in [0.4, 0.5) is 0 Å². The van der Waals surface area contributed by atoms with Crippen LogP contribution in [0.15, 0.2) is 103 Å². The molecule has 1 unspecified atom stereocenters. The van der Waals surface area contributed by atoms with Crippen molar-refractivity contribution in [1.82, 2.24) is 0 Å². The van der Waals surface area contributed by atoms with Crippen LogP contribution in [0, 0.1) is 0 Å². The number of rotatable bonds is 5. The molecule has 0 bridgehead atoms. The average molecular weight is 527 g/mol. The van der Waals surface area contributed by atoms with Crippen molar-refractivity contribution >= 4 is 36.3 Å². The van der Waals surface area contributed by atoms with E-state index in [2.05, 4.69) is 69.3 Å². The van der Waals surface area contributed by atoms with Crippen molar-refractivity contribution in [2.75, 3.05) is 0 Å². The van der Waals surface area contributed by atoms with E-state index >= 15 is 0 Å². The summed E-state index contributed by atoms with van der Waals surface area (Å²) in [6, 6.07) is 34.7. The summed E-state index contributed by atoms with van der Waals surface area (Å²) in [5.41, 5.74) is 2.45. The van der Waals surface area contributed by atoms with Crippen molar-refractivity contribution < 1.29 is 14.0 Å². The monoisotopic (exact) mass is 526 g/mol. The maximum atomic E-state index is 13.0. The molecule has 0 amide bonds. The fraction of sp³-hybridized carbons (Fsp3) is 0.219. The Morgan fingerprint density at radius 1 is 0.838 bits per heavy atom. The molecule has 0 aliphatic carbocycles. The van der Waals surface area contributed by atoms with E-state index in [1.54, 1.807) is 6.07 Å². The molecule has 0 radical (unpaired) electrons. The highest BCUT2D eigenvalue weighted by atomic mass is 35.5. The zero-order valence-corrected chi connectivity index (χ0v) is 23.2. The lowest BCUT2D eigenvalue weighted by atomic mass is 10.00. The predicted octanol–water partition coefficient (Wildman–Crippen LogP) is 7.12. The van der Waals surface area contributed by atoms with Crippen molar-refractivity contribution in [1.29, 1.82) is 0 Å². The van der Waals surface area contributed by atoms with Crippen molar-refractivity contribution in [3.05, 3.63) is 125 Å². The van der Waals surface area contributed by atoms with E-state index in [-0.39, 0.29) is 17.1 Å². The Bertz CT molecular complexity index is 1360. The largest absolute Gasteiger partial charge is 0.534 e. The van der Waals surface area contributed by atoms with Gasteiger partial charge < -0.3 is 9.16 Å². The van der Waals surface area contributed by atoms with Gasteiger partial charge in [-0.2, -0.15) is 0 Å².